The van der Waals surface area contributed by atoms with Crippen LogP contribution in [-0.2, 0) is 0 Å². The fourth-order valence-electron chi connectivity index (χ4n) is 1.98. The van der Waals surface area contributed by atoms with Gasteiger partial charge < -0.3 is 10.6 Å². The summed E-state index contributed by atoms with van der Waals surface area (Å²) in [6, 6.07) is 7.97. The molecule has 4 nitrogen and oxygen atoms in total. The standard InChI is InChI=1S/C15H19ClN4/c1-4-17-14-10(2)15(19-9-18-14)20-11(3)12-5-7-13(16)8-6-12/h5-9,11H,4H2,1-3H3,(H2,17,18,19,20). The van der Waals surface area contributed by atoms with Crippen LogP contribution in [-0.4, -0.2) is 16.5 Å². The molecular formula is C15H19ClN4. The van der Waals surface area contributed by atoms with Gasteiger partial charge >= 0.3 is 0 Å². The molecular weight excluding hydrogens is 272 g/mol. The van der Waals surface area contributed by atoms with Crippen LogP contribution in [0, 0.1) is 6.92 Å². The molecule has 0 spiro atoms. The van der Waals surface area contributed by atoms with Gasteiger partial charge in [0, 0.05) is 23.2 Å². The van der Waals surface area contributed by atoms with Crippen molar-refractivity contribution in [1.82, 2.24) is 9.97 Å². The number of benzene rings is 1. The van der Waals surface area contributed by atoms with Gasteiger partial charge in [-0.05, 0) is 38.5 Å². The molecule has 0 aliphatic carbocycles. The van der Waals surface area contributed by atoms with E-state index in [9.17, 15) is 0 Å². The Hall–Kier alpha value is -1.81. The Morgan fingerprint density at radius 1 is 1.15 bits per heavy atom. The van der Waals surface area contributed by atoms with Crippen LogP contribution in [0.2, 0.25) is 5.02 Å². The molecule has 0 aliphatic heterocycles. The fraction of sp³-hybridized carbons (Fsp3) is 0.333. The summed E-state index contributed by atoms with van der Waals surface area (Å²) in [7, 11) is 0. The number of anilines is 2. The first-order valence-electron chi connectivity index (χ1n) is 6.69. The number of hydrogen-bond acceptors (Lipinski definition) is 4. The van der Waals surface area contributed by atoms with E-state index >= 15 is 0 Å². The quantitative estimate of drug-likeness (QED) is 0.872. The molecule has 0 aliphatic rings. The molecule has 1 atom stereocenters. The van der Waals surface area contributed by atoms with E-state index in [1.807, 2.05) is 38.1 Å². The number of nitrogens with zero attached hydrogens (tertiary/aromatic N) is 2. The first-order chi connectivity index (χ1) is 9.61. The lowest BCUT2D eigenvalue weighted by atomic mass is 10.1. The first kappa shape index (κ1) is 14.6. The van der Waals surface area contributed by atoms with Crippen molar-refractivity contribution in [2.75, 3.05) is 17.2 Å². The highest BCUT2D eigenvalue weighted by molar-refractivity contribution is 6.30. The Morgan fingerprint density at radius 2 is 1.80 bits per heavy atom. The smallest absolute Gasteiger partial charge is 0.134 e. The average Bonchev–Trinajstić information content (AvgIpc) is 2.44. The van der Waals surface area contributed by atoms with E-state index in [0.717, 1.165) is 34.3 Å². The Labute approximate surface area is 124 Å². The van der Waals surface area contributed by atoms with Crippen LogP contribution in [0.4, 0.5) is 11.6 Å². The molecule has 0 radical (unpaired) electrons. The topological polar surface area (TPSA) is 49.8 Å². The maximum Gasteiger partial charge on any atom is 0.134 e. The van der Waals surface area contributed by atoms with Crippen molar-refractivity contribution in [3.05, 3.63) is 46.7 Å². The van der Waals surface area contributed by atoms with Crippen LogP contribution in [0.1, 0.15) is 31.0 Å². The summed E-state index contributed by atoms with van der Waals surface area (Å²) in [5.74, 6) is 1.71. The molecule has 0 fully saturated rings. The van der Waals surface area contributed by atoms with Gasteiger partial charge in [-0.2, -0.15) is 0 Å². The van der Waals surface area contributed by atoms with Gasteiger partial charge in [0.25, 0.3) is 0 Å². The first-order valence-corrected chi connectivity index (χ1v) is 7.07. The Morgan fingerprint density at radius 3 is 2.45 bits per heavy atom. The van der Waals surface area contributed by atoms with Gasteiger partial charge in [0.05, 0.1) is 0 Å². The van der Waals surface area contributed by atoms with E-state index in [2.05, 4.69) is 27.5 Å². The summed E-state index contributed by atoms with van der Waals surface area (Å²) in [5.41, 5.74) is 2.19. The minimum absolute atomic E-state index is 0.148. The van der Waals surface area contributed by atoms with Gasteiger partial charge in [-0.25, -0.2) is 9.97 Å². The molecule has 2 rings (SSSR count). The Kier molecular flexibility index (Phi) is 4.79. The number of halogens is 1. The predicted molar refractivity (Wildman–Crippen MR) is 84.4 cm³/mol. The number of rotatable bonds is 5. The lowest BCUT2D eigenvalue weighted by molar-refractivity contribution is 0.868. The summed E-state index contributed by atoms with van der Waals surface area (Å²) in [4.78, 5) is 8.56. The van der Waals surface area contributed by atoms with Crippen LogP contribution in [0.15, 0.2) is 30.6 Å². The van der Waals surface area contributed by atoms with Crippen molar-refractivity contribution in [1.29, 1.82) is 0 Å². The van der Waals surface area contributed by atoms with Gasteiger partial charge in [-0.3, -0.25) is 0 Å². The van der Waals surface area contributed by atoms with Crippen molar-refractivity contribution in [3.63, 3.8) is 0 Å². The van der Waals surface area contributed by atoms with Crippen molar-refractivity contribution < 1.29 is 0 Å². The second-order valence-corrected chi connectivity index (χ2v) is 5.08. The van der Waals surface area contributed by atoms with Crippen LogP contribution in [0.25, 0.3) is 0 Å². The minimum Gasteiger partial charge on any atom is -0.370 e. The predicted octanol–water partition coefficient (Wildman–Crippen LogP) is 4.04. The van der Waals surface area contributed by atoms with Crippen LogP contribution in [0.3, 0.4) is 0 Å². The lowest BCUT2D eigenvalue weighted by Gasteiger charge is -2.17. The second kappa shape index (κ2) is 6.57. The van der Waals surface area contributed by atoms with E-state index in [1.165, 1.54) is 0 Å². The maximum atomic E-state index is 5.91. The molecule has 1 unspecified atom stereocenters. The van der Waals surface area contributed by atoms with E-state index < -0.39 is 0 Å². The van der Waals surface area contributed by atoms with Gasteiger partial charge in [0.2, 0.25) is 0 Å². The van der Waals surface area contributed by atoms with Gasteiger partial charge in [0.1, 0.15) is 18.0 Å². The molecule has 1 aromatic carbocycles. The zero-order valence-corrected chi connectivity index (χ0v) is 12.7. The van der Waals surface area contributed by atoms with Gasteiger partial charge in [0.15, 0.2) is 0 Å². The van der Waals surface area contributed by atoms with Crippen LogP contribution in [0.5, 0.6) is 0 Å². The molecule has 20 heavy (non-hydrogen) atoms. The highest BCUT2D eigenvalue weighted by Gasteiger charge is 2.10. The summed E-state index contributed by atoms with van der Waals surface area (Å²) in [6.45, 7) is 6.99. The number of nitrogens with one attached hydrogen (secondary N) is 2. The molecule has 1 heterocycles. The summed E-state index contributed by atoms with van der Waals surface area (Å²) in [5, 5.41) is 7.38. The van der Waals surface area contributed by atoms with Crippen molar-refractivity contribution in [3.8, 4) is 0 Å². The number of aromatic nitrogens is 2. The molecule has 0 saturated carbocycles. The zero-order chi connectivity index (χ0) is 14.5. The maximum absolute atomic E-state index is 5.91. The van der Waals surface area contributed by atoms with Crippen LogP contribution < -0.4 is 10.6 Å². The van der Waals surface area contributed by atoms with Gasteiger partial charge in [-0.15, -0.1) is 0 Å². The SMILES string of the molecule is CCNc1ncnc(NC(C)c2ccc(Cl)cc2)c1C. The largest absolute Gasteiger partial charge is 0.370 e. The summed E-state index contributed by atoms with van der Waals surface area (Å²) < 4.78 is 0. The van der Waals surface area contributed by atoms with Crippen molar-refractivity contribution in [2.24, 2.45) is 0 Å². The third-order valence-electron chi connectivity index (χ3n) is 3.15. The lowest BCUT2D eigenvalue weighted by Crippen LogP contribution is -2.11. The molecule has 0 amide bonds. The minimum atomic E-state index is 0.148. The molecule has 2 N–H and O–H groups in total. The third kappa shape index (κ3) is 3.39. The molecule has 1 aromatic heterocycles. The summed E-state index contributed by atoms with van der Waals surface area (Å²) in [6.07, 6.45) is 1.57. The monoisotopic (exact) mass is 290 g/mol. The fourth-order valence-corrected chi connectivity index (χ4v) is 2.11. The molecule has 0 bridgehead atoms. The molecule has 0 saturated heterocycles. The summed E-state index contributed by atoms with van der Waals surface area (Å²) >= 11 is 5.91. The number of hydrogen-bond donors (Lipinski definition) is 2. The Balaban J connectivity index is 2.17. The molecule has 2 aromatic rings. The van der Waals surface area contributed by atoms with E-state index in [4.69, 9.17) is 11.6 Å². The van der Waals surface area contributed by atoms with E-state index in [0.29, 0.717) is 0 Å². The van der Waals surface area contributed by atoms with Crippen LogP contribution >= 0.6 is 11.6 Å². The highest BCUT2D eigenvalue weighted by Crippen LogP contribution is 2.24. The van der Waals surface area contributed by atoms with Crippen molar-refractivity contribution in [2.45, 2.75) is 26.8 Å². The molecule has 106 valence electrons. The van der Waals surface area contributed by atoms with E-state index in [1.54, 1.807) is 6.33 Å². The molecule has 5 heteroatoms. The highest BCUT2D eigenvalue weighted by atomic mass is 35.5. The van der Waals surface area contributed by atoms with Crippen molar-refractivity contribution >= 4 is 23.2 Å². The average molecular weight is 291 g/mol. The Bertz CT molecular complexity index is 569. The van der Waals surface area contributed by atoms with E-state index in [-0.39, 0.29) is 6.04 Å². The zero-order valence-electron chi connectivity index (χ0n) is 11.9. The third-order valence-corrected chi connectivity index (χ3v) is 3.40. The van der Waals surface area contributed by atoms with Gasteiger partial charge in [-0.1, -0.05) is 23.7 Å². The second-order valence-electron chi connectivity index (χ2n) is 4.64. The normalized spacial score (nSPS) is 12.0.